The fraction of sp³-hybridized carbons (Fsp3) is 0.346. The second-order valence-corrected chi connectivity index (χ2v) is 9.39. The Morgan fingerprint density at radius 2 is 1.83 bits per heavy atom. The Balaban J connectivity index is 1.28. The van der Waals surface area contributed by atoms with Crippen LogP contribution in [0.1, 0.15) is 58.4 Å². The van der Waals surface area contributed by atoms with Gasteiger partial charge in [0, 0.05) is 36.6 Å². The van der Waals surface area contributed by atoms with Gasteiger partial charge in [-0.1, -0.05) is 12.1 Å². The SMILES string of the molecule is O=C1CCc2cc(C(=O)COC(=O)C34CCC(=O)N3c3ccccc3C(=O)N4C3CC3)ccc2N1. The number of benzene rings is 2. The Morgan fingerprint density at radius 3 is 2.63 bits per heavy atom. The van der Waals surface area contributed by atoms with Gasteiger partial charge in [0.2, 0.25) is 17.5 Å². The summed E-state index contributed by atoms with van der Waals surface area (Å²) in [6.45, 7) is -0.512. The summed E-state index contributed by atoms with van der Waals surface area (Å²) in [6, 6.07) is 11.6. The second kappa shape index (κ2) is 7.76. The van der Waals surface area contributed by atoms with E-state index in [0.717, 1.165) is 18.4 Å². The molecule has 1 saturated carbocycles. The minimum Gasteiger partial charge on any atom is -0.454 e. The first kappa shape index (κ1) is 21.5. The molecule has 2 fully saturated rings. The smallest absolute Gasteiger partial charge is 0.354 e. The van der Waals surface area contributed by atoms with Gasteiger partial charge < -0.3 is 15.0 Å². The molecule has 0 radical (unpaired) electrons. The summed E-state index contributed by atoms with van der Waals surface area (Å²) in [4.78, 5) is 67.5. The van der Waals surface area contributed by atoms with E-state index >= 15 is 0 Å². The summed E-state index contributed by atoms with van der Waals surface area (Å²) >= 11 is 0. The molecule has 4 aliphatic rings. The van der Waals surface area contributed by atoms with Crippen LogP contribution in [-0.4, -0.2) is 52.7 Å². The minimum absolute atomic E-state index is 0.0655. The number of rotatable bonds is 5. The predicted octanol–water partition coefficient (Wildman–Crippen LogP) is 2.44. The van der Waals surface area contributed by atoms with Crippen molar-refractivity contribution in [3.05, 3.63) is 59.2 Å². The number of nitrogens with zero attached hydrogens (tertiary/aromatic N) is 2. The molecule has 2 aromatic carbocycles. The molecule has 1 atom stereocenters. The molecule has 3 amide bonds. The molecular weight excluding hydrogens is 450 g/mol. The third kappa shape index (κ3) is 3.25. The van der Waals surface area contributed by atoms with Crippen LogP contribution >= 0.6 is 0 Å². The Kier molecular flexibility index (Phi) is 4.77. The van der Waals surface area contributed by atoms with Gasteiger partial charge in [-0.3, -0.25) is 24.1 Å². The number of aryl methyl sites for hydroxylation is 1. The van der Waals surface area contributed by atoms with Crippen LogP contribution in [0.3, 0.4) is 0 Å². The van der Waals surface area contributed by atoms with Gasteiger partial charge in [0.25, 0.3) is 5.91 Å². The van der Waals surface area contributed by atoms with E-state index in [4.69, 9.17) is 4.74 Å². The molecule has 2 aromatic rings. The number of ketones is 1. The highest BCUT2D eigenvalue weighted by molar-refractivity contribution is 6.16. The molecule has 35 heavy (non-hydrogen) atoms. The largest absolute Gasteiger partial charge is 0.454 e. The monoisotopic (exact) mass is 473 g/mol. The Hall–Kier alpha value is -4.01. The summed E-state index contributed by atoms with van der Waals surface area (Å²) in [5.74, 6) is -1.78. The zero-order valence-electron chi connectivity index (χ0n) is 18.9. The number of para-hydroxylation sites is 1. The first-order chi connectivity index (χ1) is 16.9. The Bertz CT molecular complexity index is 1320. The standard InChI is InChI=1S/C26H23N3O6/c30-21(16-5-9-19-15(13-16)6-10-22(31)27-19)14-35-25(34)26-12-11-23(32)29(26)20-4-2-1-3-18(20)24(33)28(26)17-7-8-17/h1-5,9,13,17H,6-8,10-12,14H2,(H,27,31). The van der Waals surface area contributed by atoms with Crippen LogP contribution in [0.5, 0.6) is 0 Å². The van der Waals surface area contributed by atoms with Crippen LogP contribution in [0.2, 0.25) is 0 Å². The lowest BCUT2D eigenvalue weighted by molar-refractivity contribution is -0.156. The molecule has 3 heterocycles. The van der Waals surface area contributed by atoms with E-state index in [0.29, 0.717) is 35.3 Å². The second-order valence-electron chi connectivity index (χ2n) is 9.39. The van der Waals surface area contributed by atoms with Crippen molar-refractivity contribution in [2.45, 2.75) is 50.2 Å². The summed E-state index contributed by atoms with van der Waals surface area (Å²) in [7, 11) is 0. The summed E-state index contributed by atoms with van der Waals surface area (Å²) in [6.07, 6.45) is 2.59. The zero-order chi connectivity index (χ0) is 24.3. The highest BCUT2D eigenvalue weighted by Crippen LogP contribution is 2.49. The number of carbonyl (C=O) groups is 5. The summed E-state index contributed by atoms with van der Waals surface area (Å²) in [5.41, 5.74) is 1.10. The maximum atomic E-state index is 13.6. The fourth-order valence-electron chi connectivity index (χ4n) is 5.40. The fourth-order valence-corrected chi connectivity index (χ4v) is 5.40. The van der Waals surface area contributed by atoms with Crippen molar-refractivity contribution in [1.29, 1.82) is 0 Å². The van der Waals surface area contributed by atoms with Gasteiger partial charge in [-0.2, -0.15) is 0 Å². The Morgan fingerprint density at radius 1 is 1.03 bits per heavy atom. The molecule has 9 heteroatoms. The topological polar surface area (TPSA) is 113 Å². The summed E-state index contributed by atoms with van der Waals surface area (Å²) in [5, 5.41) is 2.77. The van der Waals surface area contributed by atoms with E-state index in [1.807, 2.05) is 0 Å². The van der Waals surface area contributed by atoms with Gasteiger partial charge in [0.15, 0.2) is 12.4 Å². The van der Waals surface area contributed by atoms with E-state index in [-0.39, 0.29) is 36.6 Å². The molecule has 6 rings (SSSR count). The number of hydrogen-bond donors (Lipinski definition) is 1. The van der Waals surface area contributed by atoms with Crippen LogP contribution in [0.15, 0.2) is 42.5 Å². The average Bonchev–Trinajstić information content (AvgIpc) is 3.64. The normalized spacial score (nSPS) is 22.8. The van der Waals surface area contributed by atoms with Crippen molar-refractivity contribution in [3.63, 3.8) is 0 Å². The molecule has 178 valence electrons. The molecule has 1 aliphatic carbocycles. The van der Waals surface area contributed by atoms with Crippen LogP contribution < -0.4 is 10.2 Å². The number of anilines is 2. The number of Topliss-reactive ketones (excluding diaryl/α,β-unsaturated/α-hetero) is 1. The van der Waals surface area contributed by atoms with Gasteiger partial charge in [-0.05, 0) is 55.2 Å². The van der Waals surface area contributed by atoms with E-state index < -0.39 is 24.0 Å². The molecule has 3 aliphatic heterocycles. The number of hydrogen-bond acceptors (Lipinski definition) is 6. The van der Waals surface area contributed by atoms with Crippen molar-refractivity contribution in [2.24, 2.45) is 0 Å². The van der Waals surface area contributed by atoms with E-state index in [2.05, 4.69) is 5.32 Å². The van der Waals surface area contributed by atoms with Crippen molar-refractivity contribution >= 4 is 40.8 Å². The number of carbonyl (C=O) groups excluding carboxylic acids is 5. The molecule has 0 spiro atoms. The third-order valence-electron chi connectivity index (χ3n) is 7.20. The molecule has 0 aromatic heterocycles. The molecule has 1 unspecified atom stereocenters. The number of amides is 3. The first-order valence-corrected chi connectivity index (χ1v) is 11.8. The molecular formula is C26H23N3O6. The van der Waals surface area contributed by atoms with Gasteiger partial charge in [0.1, 0.15) is 0 Å². The number of ether oxygens (including phenoxy) is 1. The maximum Gasteiger partial charge on any atom is 0.354 e. The van der Waals surface area contributed by atoms with Gasteiger partial charge >= 0.3 is 5.97 Å². The number of fused-ring (bicyclic) bond motifs is 4. The van der Waals surface area contributed by atoms with E-state index in [9.17, 15) is 24.0 Å². The lowest BCUT2D eigenvalue weighted by Crippen LogP contribution is -2.69. The lowest BCUT2D eigenvalue weighted by Gasteiger charge is -2.48. The molecule has 1 N–H and O–H groups in total. The van der Waals surface area contributed by atoms with Gasteiger partial charge in [0.05, 0.1) is 11.3 Å². The highest BCUT2D eigenvalue weighted by Gasteiger charge is 2.64. The average molecular weight is 473 g/mol. The number of nitrogens with one attached hydrogen (secondary N) is 1. The van der Waals surface area contributed by atoms with E-state index in [1.165, 1.54) is 9.80 Å². The van der Waals surface area contributed by atoms with Crippen molar-refractivity contribution in [3.8, 4) is 0 Å². The quantitative estimate of drug-likeness (QED) is 0.527. The van der Waals surface area contributed by atoms with Crippen LogP contribution in [-0.2, 0) is 25.5 Å². The molecule has 0 bridgehead atoms. The first-order valence-electron chi connectivity index (χ1n) is 11.8. The molecule has 9 nitrogen and oxygen atoms in total. The minimum atomic E-state index is -1.58. The van der Waals surface area contributed by atoms with Gasteiger partial charge in [-0.15, -0.1) is 0 Å². The molecule has 1 saturated heterocycles. The van der Waals surface area contributed by atoms with E-state index in [1.54, 1.807) is 42.5 Å². The maximum absolute atomic E-state index is 13.6. The van der Waals surface area contributed by atoms with Crippen molar-refractivity contribution in [1.82, 2.24) is 4.90 Å². The van der Waals surface area contributed by atoms with Crippen molar-refractivity contribution < 1.29 is 28.7 Å². The lowest BCUT2D eigenvalue weighted by atomic mass is 9.96. The van der Waals surface area contributed by atoms with Crippen LogP contribution in [0, 0.1) is 0 Å². The van der Waals surface area contributed by atoms with Crippen molar-refractivity contribution in [2.75, 3.05) is 16.8 Å². The van der Waals surface area contributed by atoms with Crippen LogP contribution in [0.4, 0.5) is 11.4 Å². The Labute approximate surface area is 201 Å². The zero-order valence-corrected chi connectivity index (χ0v) is 18.9. The van der Waals surface area contributed by atoms with Crippen LogP contribution in [0.25, 0.3) is 0 Å². The summed E-state index contributed by atoms with van der Waals surface area (Å²) < 4.78 is 5.54. The predicted molar refractivity (Wildman–Crippen MR) is 124 cm³/mol. The highest BCUT2D eigenvalue weighted by atomic mass is 16.5. The van der Waals surface area contributed by atoms with Gasteiger partial charge in [-0.25, -0.2) is 4.79 Å². The third-order valence-corrected chi connectivity index (χ3v) is 7.20. The number of esters is 1.